The number of carbonyl (C=O) groups excluding carboxylic acids is 2. The number of fused-ring (bicyclic) bond motifs is 4. The molecule has 1 aliphatic heterocycles. The van der Waals surface area contributed by atoms with Gasteiger partial charge in [-0.15, -0.1) is 0 Å². The third-order valence-electron chi connectivity index (χ3n) is 4.49. The Labute approximate surface area is 161 Å². The highest BCUT2D eigenvalue weighted by Gasteiger charge is 2.24. The first-order valence-corrected chi connectivity index (χ1v) is 8.74. The topological polar surface area (TPSA) is 71.1 Å². The Morgan fingerprint density at radius 3 is 2.25 bits per heavy atom. The van der Waals surface area contributed by atoms with Gasteiger partial charge < -0.3 is 18.9 Å². The molecule has 6 nitrogen and oxygen atoms in total. The maximum Gasteiger partial charge on any atom is 0.308 e. The van der Waals surface area contributed by atoms with Gasteiger partial charge in [0.15, 0.2) is 11.5 Å². The van der Waals surface area contributed by atoms with Gasteiger partial charge in [-0.05, 0) is 41.3 Å². The first-order valence-electron chi connectivity index (χ1n) is 8.74. The fourth-order valence-corrected chi connectivity index (χ4v) is 3.43. The Kier molecular flexibility index (Phi) is 4.39. The lowest BCUT2D eigenvalue weighted by Gasteiger charge is -2.24. The number of esters is 2. The number of benzene rings is 3. The average molecular weight is 378 g/mol. The number of hydrogen-bond donors (Lipinski definition) is 0. The minimum atomic E-state index is -0.384. The first-order chi connectivity index (χ1) is 13.5. The van der Waals surface area contributed by atoms with Crippen LogP contribution in [0, 0.1) is 0 Å². The molecule has 0 atom stereocenters. The van der Waals surface area contributed by atoms with E-state index in [2.05, 4.69) is 0 Å². The van der Waals surface area contributed by atoms with Crippen molar-refractivity contribution in [1.29, 1.82) is 0 Å². The van der Waals surface area contributed by atoms with E-state index in [4.69, 9.17) is 18.9 Å². The molecule has 1 aliphatic rings. The Morgan fingerprint density at radius 1 is 0.893 bits per heavy atom. The van der Waals surface area contributed by atoms with Gasteiger partial charge in [-0.3, -0.25) is 9.59 Å². The van der Waals surface area contributed by atoms with Crippen LogP contribution in [0.5, 0.6) is 23.0 Å². The molecule has 0 unspecified atom stereocenters. The molecule has 0 N–H and O–H groups in total. The van der Waals surface area contributed by atoms with E-state index in [1.165, 1.54) is 13.8 Å². The molecule has 4 rings (SSSR count). The zero-order valence-electron chi connectivity index (χ0n) is 15.7. The van der Waals surface area contributed by atoms with Crippen molar-refractivity contribution in [3.05, 3.63) is 48.0 Å². The Morgan fingerprint density at radius 2 is 1.57 bits per heavy atom. The van der Waals surface area contributed by atoms with Gasteiger partial charge in [0.2, 0.25) is 0 Å². The summed E-state index contributed by atoms with van der Waals surface area (Å²) in [6, 6.07) is 12.9. The third-order valence-corrected chi connectivity index (χ3v) is 4.49. The van der Waals surface area contributed by atoms with Gasteiger partial charge in [-0.2, -0.15) is 0 Å². The lowest BCUT2D eigenvalue weighted by molar-refractivity contribution is -0.132. The SMILES string of the molecule is COc1c2c(cc3ccc(OC(C)=O)cc13)-c1ccc(OC(C)=O)cc1CO2. The quantitative estimate of drug-likeness (QED) is 0.501. The van der Waals surface area contributed by atoms with E-state index in [-0.39, 0.29) is 11.9 Å². The first kappa shape index (κ1) is 17.9. The normalized spacial score (nSPS) is 11.8. The third kappa shape index (κ3) is 3.13. The van der Waals surface area contributed by atoms with E-state index in [1.54, 1.807) is 31.4 Å². The molecular weight excluding hydrogens is 360 g/mol. The Bertz CT molecular complexity index is 1120. The van der Waals surface area contributed by atoms with Crippen LogP contribution in [-0.2, 0) is 16.2 Å². The number of hydrogen-bond acceptors (Lipinski definition) is 6. The van der Waals surface area contributed by atoms with Crippen LogP contribution >= 0.6 is 0 Å². The van der Waals surface area contributed by atoms with Gasteiger partial charge >= 0.3 is 11.9 Å². The molecule has 0 aromatic heterocycles. The van der Waals surface area contributed by atoms with Crippen molar-refractivity contribution in [3.8, 4) is 34.1 Å². The monoisotopic (exact) mass is 378 g/mol. The summed E-state index contributed by atoms with van der Waals surface area (Å²) in [6.07, 6.45) is 0. The summed E-state index contributed by atoms with van der Waals surface area (Å²) in [5, 5.41) is 1.71. The van der Waals surface area contributed by atoms with E-state index in [1.807, 2.05) is 18.2 Å². The molecule has 0 amide bonds. The van der Waals surface area contributed by atoms with Crippen molar-refractivity contribution in [3.63, 3.8) is 0 Å². The Hall–Kier alpha value is -3.54. The smallest absolute Gasteiger partial charge is 0.308 e. The summed E-state index contributed by atoms with van der Waals surface area (Å²) in [6.45, 7) is 3.05. The standard InChI is InChI=1S/C22H18O6/c1-12(23)27-16-6-7-18-15(8-16)11-26-22-20(18)9-14-4-5-17(28-13(2)24)10-19(14)21(22)25-3/h4-10H,11H2,1-3H3. The van der Waals surface area contributed by atoms with Crippen molar-refractivity contribution >= 4 is 22.7 Å². The summed E-state index contributed by atoms with van der Waals surface area (Å²) in [7, 11) is 1.58. The summed E-state index contributed by atoms with van der Waals surface area (Å²) >= 11 is 0. The second kappa shape index (κ2) is 6.88. The van der Waals surface area contributed by atoms with Crippen LogP contribution in [0.25, 0.3) is 21.9 Å². The van der Waals surface area contributed by atoms with Crippen LogP contribution in [0.4, 0.5) is 0 Å². The number of methoxy groups -OCH3 is 1. The summed E-state index contributed by atoms with van der Waals surface area (Å²) in [5.74, 6) is 1.38. The number of ether oxygens (including phenoxy) is 4. The fourth-order valence-electron chi connectivity index (χ4n) is 3.43. The van der Waals surface area contributed by atoms with Crippen LogP contribution < -0.4 is 18.9 Å². The lowest BCUT2D eigenvalue weighted by Crippen LogP contribution is -2.09. The summed E-state index contributed by atoms with van der Waals surface area (Å²) in [4.78, 5) is 22.5. The molecule has 6 heteroatoms. The second-order valence-electron chi connectivity index (χ2n) is 6.46. The predicted octanol–water partition coefficient (Wildman–Crippen LogP) is 4.26. The maximum absolute atomic E-state index is 11.3. The summed E-state index contributed by atoms with van der Waals surface area (Å²) < 4.78 is 22.0. The molecule has 142 valence electrons. The van der Waals surface area contributed by atoms with Crippen molar-refractivity contribution in [2.24, 2.45) is 0 Å². The van der Waals surface area contributed by atoms with Crippen molar-refractivity contribution < 1.29 is 28.5 Å². The van der Waals surface area contributed by atoms with E-state index < -0.39 is 0 Å². The van der Waals surface area contributed by atoms with E-state index in [9.17, 15) is 9.59 Å². The zero-order chi connectivity index (χ0) is 19.8. The van der Waals surface area contributed by atoms with Gasteiger partial charge in [0.05, 0.1) is 7.11 Å². The molecule has 0 saturated carbocycles. The molecule has 0 spiro atoms. The van der Waals surface area contributed by atoms with Crippen LogP contribution in [0.2, 0.25) is 0 Å². The molecule has 3 aromatic carbocycles. The highest BCUT2D eigenvalue weighted by atomic mass is 16.5. The van der Waals surface area contributed by atoms with Crippen LogP contribution in [-0.4, -0.2) is 19.0 Å². The van der Waals surface area contributed by atoms with Crippen LogP contribution in [0.3, 0.4) is 0 Å². The molecule has 28 heavy (non-hydrogen) atoms. The maximum atomic E-state index is 11.3. The van der Waals surface area contributed by atoms with Gasteiger partial charge in [-0.25, -0.2) is 0 Å². The molecule has 0 fully saturated rings. The van der Waals surface area contributed by atoms with Crippen molar-refractivity contribution in [2.75, 3.05) is 7.11 Å². The van der Waals surface area contributed by atoms with Gasteiger partial charge in [0, 0.05) is 30.4 Å². The molecule has 0 bridgehead atoms. The van der Waals surface area contributed by atoms with Crippen LogP contribution in [0.15, 0.2) is 42.5 Å². The van der Waals surface area contributed by atoms with E-state index >= 15 is 0 Å². The molecule has 0 aliphatic carbocycles. The van der Waals surface area contributed by atoms with Crippen molar-refractivity contribution in [1.82, 2.24) is 0 Å². The lowest BCUT2D eigenvalue weighted by atomic mass is 9.93. The highest BCUT2D eigenvalue weighted by Crippen LogP contribution is 2.48. The van der Waals surface area contributed by atoms with Crippen LogP contribution in [0.1, 0.15) is 19.4 Å². The minimum absolute atomic E-state index is 0.322. The second-order valence-corrected chi connectivity index (χ2v) is 6.46. The van der Waals surface area contributed by atoms with Crippen molar-refractivity contribution in [2.45, 2.75) is 20.5 Å². The molecular formula is C22H18O6. The van der Waals surface area contributed by atoms with Gasteiger partial charge in [-0.1, -0.05) is 12.1 Å². The molecule has 0 saturated heterocycles. The molecule has 3 aromatic rings. The summed E-state index contributed by atoms with van der Waals surface area (Å²) in [5.41, 5.74) is 2.80. The molecule has 0 radical (unpaired) electrons. The largest absolute Gasteiger partial charge is 0.492 e. The average Bonchev–Trinajstić information content (AvgIpc) is 2.65. The number of carbonyl (C=O) groups is 2. The van der Waals surface area contributed by atoms with Gasteiger partial charge in [0.1, 0.15) is 18.1 Å². The van der Waals surface area contributed by atoms with E-state index in [0.717, 1.165) is 27.5 Å². The van der Waals surface area contributed by atoms with E-state index in [0.29, 0.717) is 29.6 Å². The van der Waals surface area contributed by atoms with Gasteiger partial charge in [0.25, 0.3) is 0 Å². The minimum Gasteiger partial charge on any atom is -0.492 e. The molecule has 1 heterocycles. The number of rotatable bonds is 3. The Balaban J connectivity index is 1.87. The predicted molar refractivity (Wildman–Crippen MR) is 103 cm³/mol. The zero-order valence-corrected chi connectivity index (χ0v) is 15.7. The fraction of sp³-hybridized carbons (Fsp3) is 0.182. The highest BCUT2D eigenvalue weighted by molar-refractivity contribution is 5.98.